The van der Waals surface area contributed by atoms with Crippen LogP contribution < -0.4 is 5.32 Å². The summed E-state index contributed by atoms with van der Waals surface area (Å²) in [5.74, 6) is 1.66. The smallest absolute Gasteiger partial charge is 0.0534 e. The number of aryl methyl sites for hydroxylation is 1. The van der Waals surface area contributed by atoms with E-state index in [4.69, 9.17) is 0 Å². The van der Waals surface area contributed by atoms with Crippen LogP contribution in [0.3, 0.4) is 0 Å². The summed E-state index contributed by atoms with van der Waals surface area (Å²) in [5.41, 5.74) is 1.29. The number of nitrogens with one attached hydrogen (secondary N) is 1. The van der Waals surface area contributed by atoms with Gasteiger partial charge in [0.25, 0.3) is 0 Å². The zero-order valence-electron chi connectivity index (χ0n) is 10.6. The molecule has 1 heterocycles. The fraction of sp³-hybridized carbons (Fsp3) is 0.769. The van der Waals surface area contributed by atoms with Gasteiger partial charge in [0.1, 0.15) is 0 Å². The molecule has 1 saturated carbocycles. The van der Waals surface area contributed by atoms with Gasteiger partial charge in [-0.3, -0.25) is 4.68 Å². The maximum atomic E-state index is 4.19. The lowest BCUT2D eigenvalue weighted by atomic mass is 9.78. The number of hydrogen-bond donors (Lipinski definition) is 1. The van der Waals surface area contributed by atoms with E-state index in [1.165, 1.54) is 24.8 Å². The molecule has 0 radical (unpaired) electrons. The summed E-state index contributed by atoms with van der Waals surface area (Å²) in [4.78, 5) is 0. The molecule has 1 aromatic rings. The van der Waals surface area contributed by atoms with Crippen LogP contribution in [0.1, 0.15) is 38.7 Å². The molecule has 0 bridgehead atoms. The summed E-state index contributed by atoms with van der Waals surface area (Å²) in [6, 6.07) is 0.684. The van der Waals surface area contributed by atoms with Crippen molar-refractivity contribution in [3.8, 4) is 0 Å². The molecule has 0 saturated heterocycles. The molecule has 3 heteroatoms. The van der Waals surface area contributed by atoms with E-state index in [0.29, 0.717) is 6.04 Å². The number of hydrogen-bond acceptors (Lipinski definition) is 2. The van der Waals surface area contributed by atoms with Gasteiger partial charge in [0.15, 0.2) is 0 Å². The third-order valence-electron chi connectivity index (χ3n) is 4.03. The first-order valence-electron chi connectivity index (χ1n) is 6.37. The van der Waals surface area contributed by atoms with Gasteiger partial charge in [-0.1, -0.05) is 26.7 Å². The van der Waals surface area contributed by atoms with Crippen molar-refractivity contribution in [3.63, 3.8) is 0 Å². The Labute approximate surface area is 98.2 Å². The van der Waals surface area contributed by atoms with Crippen LogP contribution >= 0.6 is 0 Å². The van der Waals surface area contributed by atoms with E-state index >= 15 is 0 Å². The van der Waals surface area contributed by atoms with Gasteiger partial charge in [0, 0.05) is 31.4 Å². The molecule has 16 heavy (non-hydrogen) atoms. The molecule has 0 aliphatic heterocycles. The lowest BCUT2D eigenvalue weighted by Crippen LogP contribution is -2.40. The van der Waals surface area contributed by atoms with Gasteiger partial charge >= 0.3 is 0 Å². The Morgan fingerprint density at radius 3 is 2.94 bits per heavy atom. The van der Waals surface area contributed by atoms with Gasteiger partial charge in [-0.15, -0.1) is 0 Å². The molecule has 0 spiro atoms. The van der Waals surface area contributed by atoms with Crippen LogP contribution in [0.15, 0.2) is 12.4 Å². The first-order valence-corrected chi connectivity index (χ1v) is 6.37. The summed E-state index contributed by atoms with van der Waals surface area (Å²) in [7, 11) is 1.97. The number of rotatable bonds is 3. The molecule has 2 rings (SSSR count). The predicted molar refractivity (Wildman–Crippen MR) is 66.0 cm³/mol. The van der Waals surface area contributed by atoms with Gasteiger partial charge in [-0.25, -0.2) is 0 Å². The van der Waals surface area contributed by atoms with Crippen molar-refractivity contribution in [2.24, 2.45) is 18.9 Å². The molecule has 1 aromatic heterocycles. The second-order valence-electron chi connectivity index (χ2n) is 5.28. The van der Waals surface area contributed by atoms with E-state index in [0.717, 1.165) is 18.4 Å². The average molecular weight is 221 g/mol. The molecule has 0 aromatic carbocycles. The highest BCUT2D eigenvalue weighted by Crippen LogP contribution is 2.29. The zero-order valence-corrected chi connectivity index (χ0v) is 10.6. The quantitative estimate of drug-likeness (QED) is 0.849. The summed E-state index contributed by atoms with van der Waals surface area (Å²) in [6.45, 7) is 5.71. The summed E-state index contributed by atoms with van der Waals surface area (Å²) in [6.07, 6.45) is 8.13. The summed E-state index contributed by atoms with van der Waals surface area (Å²) >= 11 is 0. The van der Waals surface area contributed by atoms with Crippen molar-refractivity contribution in [3.05, 3.63) is 18.0 Å². The van der Waals surface area contributed by atoms with Crippen LogP contribution in [0.2, 0.25) is 0 Å². The predicted octanol–water partition coefficient (Wildman–Crippen LogP) is 2.33. The van der Waals surface area contributed by atoms with E-state index < -0.39 is 0 Å². The second-order valence-corrected chi connectivity index (χ2v) is 5.28. The molecule has 1 fully saturated rings. The molecular weight excluding hydrogens is 198 g/mol. The first kappa shape index (κ1) is 11.6. The van der Waals surface area contributed by atoms with Gasteiger partial charge in [-0.2, -0.15) is 5.10 Å². The minimum absolute atomic E-state index is 0.684. The van der Waals surface area contributed by atoms with E-state index in [1.54, 1.807) is 0 Å². The van der Waals surface area contributed by atoms with Gasteiger partial charge in [-0.05, 0) is 18.3 Å². The van der Waals surface area contributed by atoms with Crippen LogP contribution in [-0.2, 0) is 13.6 Å². The van der Waals surface area contributed by atoms with Crippen molar-refractivity contribution < 1.29 is 0 Å². The van der Waals surface area contributed by atoms with Crippen LogP contribution in [-0.4, -0.2) is 15.8 Å². The fourth-order valence-electron chi connectivity index (χ4n) is 2.68. The molecule has 3 atom stereocenters. The normalized spacial score (nSPS) is 30.6. The number of aromatic nitrogens is 2. The fourth-order valence-corrected chi connectivity index (χ4v) is 2.68. The highest BCUT2D eigenvalue weighted by Gasteiger charge is 2.26. The van der Waals surface area contributed by atoms with E-state index in [1.807, 2.05) is 17.9 Å². The van der Waals surface area contributed by atoms with Crippen molar-refractivity contribution in [2.45, 2.75) is 45.7 Å². The Morgan fingerprint density at radius 1 is 1.44 bits per heavy atom. The Balaban J connectivity index is 1.85. The molecule has 3 unspecified atom stereocenters. The monoisotopic (exact) mass is 221 g/mol. The second kappa shape index (κ2) is 5.00. The Kier molecular flexibility index (Phi) is 3.64. The van der Waals surface area contributed by atoms with Crippen LogP contribution in [0.4, 0.5) is 0 Å². The molecule has 1 N–H and O–H groups in total. The Morgan fingerprint density at radius 2 is 2.25 bits per heavy atom. The Hall–Kier alpha value is -0.830. The van der Waals surface area contributed by atoms with Crippen molar-refractivity contribution in [1.29, 1.82) is 0 Å². The maximum absolute atomic E-state index is 4.19. The molecular formula is C13H23N3. The summed E-state index contributed by atoms with van der Waals surface area (Å²) < 4.78 is 1.87. The zero-order chi connectivity index (χ0) is 11.5. The molecule has 1 aliphatic carbocycles. The topological polar surface area (TPSA) is 29.9 Å². The van der Waals surface area contributed by atoms with E-state index in [9.17, 15) is 0 Å². The minimum atomic E-state index is 0.684. The molecule has 90 valence electrons. The van der Waals surface area contributed by atoms with Crippen LogP contribution in [0.25, 0.3) is 0 Å². The van der Waals surface area contributed by atoms with Gasteiger partial charge in [0.2, 0.25) is 0 Å². The van der Waals surface area contributed by atoms with E-state index in [-0.39, 0.29) is 0 Å². The van der Waals surface area contributed by atoms with Crippen molar-refractivity contribution in [1.82, 2.24) is 15.1 Å². The molecule has 1 aliphatic rings. The number of nitrogens with zero attached hydrogens (tertiary/aromatic N) is 2. The third kappa shape index (κ3) is 2.64. The lowest BCUT2D eigenvalue weighted by molar-refractivity contribution is 0.206. The highest BCUT2D eigenvalue weighted by atomic mass is 15.2. The van der Waals surface area contributed by atoms with E-state index in [2.05, 4.69) is 30.5 Å². The average Bonchev–Trinajstić information content (AvgIpc) is 2.67. The summed E-state index contributed by atoms with van der Waals surface area (Å²) in [5, 5.41) is 7.87. The molecule has 3 nitrogen and oxygen atoms in total. The Bertz CT molecular complexity index is 332. The largest absolute Gasteiger partial charge is 0.310 e. The van der Waals surface area contributed by atoms with Gasteiger partial charge < -0.3 is 5.32 Å². The maximum Gasteiger partial charge on any atom is 0.0534 e. The van der Waals surface area contributed by atoms with Crippen LogP contribution in [0.5, 0.6) is 0 Å². The third-order valence-corrected chi connectivity index (χ3v) is 4.03. The van der Waals surface area contributed by atoms with Gasteiger partial charge in [0.05, 0.1) is 6.20 Å². The highest BCUT2D eigenvalue weighted by molar-refractivity contribution is 5.03. The molecule has 0 amide bonds. The SMILES string of the molecule is CC1CCCC(NCc2cnn(C)c2)C1C. The lowest BCUT2D eigenvalue weighted by Gasteiger charge is -2.34. The first-order chi connectivity index (χ1) is 7.66. The minimum Gasteiger partial charge on any atom is -0.310 e. The van der Waals surface area contributed by atoms with Crippen molar-refractivity contribution in [2.75, 3.05) is 0 Å². The standard InChI is InChI=1S/C13H23N3/c1-10-5-4-6-13(11(10)2)14-7-12-8-15-16(3)9-12/h8-11,13-14H,4-7H2,1-3H3. The van der Waals surface area contributed by atoms with Crippen LogP contribution in [0, 0.1) is 11.8 Å². The van der Waals surface area contributed by atoms with Crippen molar-refractivity contribution >= 4 is 0 Å².